The fraction of sp³-hybridized carbons (Fsp3) is 0.778. The SMILES string of the molecule is CC(C)(C)OC(=O)NCCCC#N. The third kappa shape index (κ3) is 8.67. The van der Waals surface area contributed by atoms with E-state index in [1.54, 1.807) is 0 Å². The Balaban J connectivity index is 3.48. The Kier molecular flexibility index (Phi) is 4.90. The molecule has 0 spiro atoms. The minimum absolute atomic E-state index is 0.426. The lowest BCUT2D eigenvalue weighted by Gasteiger charge is -2.19. The first-order valence-electron chi connectivity index (χ1n) is 4.29. The zero-order chi connectivity index (χ0) is 10.3. The first-order valence-corrected chi connectivity index (χ1v) is 4.29. The van der Waals surface area contributed by atoms with Crippen molar-refractivity contribution in [3.8, 4) is 6.07 Å². The van der Waals surface area contributed by atoms with Crippen molar-refractivity contribution in [1.82, 2.24) is 5.32 Å². The third-order valence-electron chi connectivity index (χ3n) is 1.13. The number of nitrogens with zero attached hydrogens (tertiary/aromatic N) is 1. The van der Waals surface area contributed by atoms with E-state index in [9.17, 15) is 4.79 Å². The molecule has 0 aromatic heterocycles. The summed E-state index contributed by atoms with van der Waals surface area (Å²) in [4.78, 5) is 11.0. The molecule has 0 heterocycles. The van der Waals surface area contributed by atoms with Crippen LogP contribution in [0.5, 0.6) is 0 Å². The Morgan fingerprint density at radius 2 is 2.15 bits per heavy atom. The molecule has 0 aliphatic rings. The summed E-state index contributed by atoms with van der Waals surface area (Å²) < 4.78 is 4.98. The van der Waals surface area contributed by atoms with E-state index in [0.717, 1.165) is 0 Å². The molecule has 4 heteroatoms. The van der Waals surface area contributed by atoms with Crippen LogP contribution in [0, 0.1) is 11.3 Å². The standard InChI is InChI=1S/C9H16N2O2/c1-9(2,3)13-8(12)11-7-5-4-6-10/h4-5,7H2,1-3H3,(H,11,12). The van der Waals surface area contributed by atoms with Gasteiger partial charge in [-0.05, 0) is 27.2 Å². The van der Waals surface area contributed by atoms with Crippen LogP contribution in [0.3, 0.4) is 0 Å². The smallest absolute Gasteiger partial charge is 0.407 e. The number of carbonyl (C=O) groups is 1. The van der Waals surface area contributed by atoms with E-state index in [4.69, 9.17) is 10.00 Å². The number of rotatable bonds is 3. The second-order valence-corrected chi connectivity index (χ2v) is 3.69. The summed E-state index contributed by atoms with van der Waals surface area (Å²) in [7, 11) is 0. The van der Waals surface area contributed by atoms with Crippen LogP contribution in [0.2, 0.25) is 0 Å². The molecule has 0 unspecified atom stereocenters. The predicted octanol–water partition coefficient (Wildman–Crippen LogP) is 1.81. The number of amides is 1. The molecule has 0 rings (SSSR count). The van der Waals surface area contributed by atoms with Gasteiger partial charge in [-0.25, -0.2) is 4.79 Å². The molecule has 0 bridgehead atoms. The van der Waals surface area contributed by atoms with Gasteiger partial charge in [0.15, 0.2) is 0 Å². The van der Waals surface area contributed by atoms with Gasteiger partial charge in [-0.1, -0.05) is 0 Å². The molecule has 0 atom stereocenters. The maximum atomic E-state index is 11.0. The van der Waals surface area contributed by atoms with Gasteiger partial charge in [-0.2, -0.15) is 5.26 Å². The van der Waals surface area contributed by atoms with Gasteiger partial charge in [-0.15, -0.1) is 0 Å². The number of nitrogens with one attached hydrogen (secondary N) is 1. The zero-order valence-electron chi connectivity index (χ0n) is 8.39. The molecule has 0 saturated heterocycles. The van der Waals surface area contributed by atoms with Gasteiger partial charge in [0.25, 0.3) is 0 Å². The van der Waals surface area contributed by atoms with Gasteiger partial charge in [0.1, 0.15) is 5.60 Å². The Bertz CT molecular complexity index is 201. The van der Waals surface area contributed by atoms with E-state index in [-0.39, 0.29) is 0 Å². The lowest BCUT2D eigenvalue weighted by Crippen LogP contribution is -2.32. The quantitative estimate of drug-likeness (QED) is 0.680. The van der Waals surface area contributed by atoms with Gasteiger partial charge in [0, 0.05) is 13.0 Å². The Labute approximate surface area is 78.9 Å². The summed E-state index contributed by atoms with van der Waals surface area (Å²) in [5.74, 6) is 0. The van der Waals surface area contributed by atoms with Crippen LogP contribution >= 0.6 is 0 Å². The van der Waals surface area contributed by atoms with Gasteiger partial charge in [0.2, 0.25) is 0 Å². The average Bonchev–Trinajstić information content (AvgIpc) is 1.94. The molecule has 4 nitrogen and oxygen atoms in total. The minimum Gasteiger partial charge on any atom is -0.444 e. The van der Waals surface area contributed by atoms with Crippen molar-refractivity contribution < 1.29 is 9.53 Å². The molecule has 0 aromatic carbocycles. The lowest BCUT2D eigenvalue weighted by molar-refractivity contribution is 0.0527. The first-order chi connectivity index (χ1) is 5.95. The van der Waals surface area contributed by atoms with Crippen molar-refractivity contribution >= 4 is 6.09 Å². The maximum Gasteiger partial charge on any atom is 0.407 e. The monoisotopic (exact) mass is 184 g/mol. The molecular formula is C9H16N2O2. The molecule has 0 aliphatic heterocycles. The van der Waals surface area contributed by atoms with Crippen molar-refractivity contribution in [2.45, 2.75) is 39.2 Å². The Morgan fingerprint density at radius 1 is 1.54 bits per heavy atom. The summed E-state index contributed by atoms with van der Waals surface area (Å²) in [6, 6.07) is 2.00. The first kappa shape index (κ1) is 11.8. The molecule has 0 aliphatic carbocycles. The maximum absolute atomic E-state index is 11.0. The summed E-state index contributed by atoms with van der Waals surface area (Å²) in [6.45, 7) is 5.91. The molecule has 13 heavy (non-hydrogen) atoms. The van der Waals surface area contributed by atoms with E-state index in [0.29, 0.717) is 19.4 Å². The van der Waals surface area contributed by atoms with Crippen molar-refractivity contribution in [1.29, 1.82) is 5.26 Å². The molecule has 0 radical (unpaired) electrons. The Morgan fingerprint density at radius 3 is 2.62 bits per heavy atom. The number of nitriles is 1. The number of carbonyl (C=O) groups excluding carboxylic acids is 1. The second kappa shape index (κ2) is 5.41. The molecule has 1 N–H and O–H groups in total. The lowest BCUT2D eigenvalue weighted by atomic mass is 10.2. The number of alkyl carbamates (subject to hydrolysis) is 1. The zero-order valence-corrected chi connectivity index (χ0v) is 8.39. The van der Waals surface area contributed by atoms with E-state index < -0.39 is 11.7 Å². The van der Waals surface area contributed by atoms with Gasteiger partial charge < -0.3 is 10.1 Å². The number of ether oxygens (including phenoxy) is 1. The summed E-state index contributed by atoms with van der Waals surface area (Å²) in [6.07, 6.45) is 0.691. The fourth-order valence-corrected chi connectivity index (χ4v) is 0.672. The summed E-state index contributed by atoms with van der Waals surface area (Å²) >= 11 is 0. The number of hydrogen-bond donors (Lipinski definition) is 1. The topological polar surface area (TPSA) is 62.1 Å². The summed E-state index contributed by atoms with van der Waals surface area (Å²) in [5, 5.41) is 10.8. The van der Waals surface area contributed by atoms with Gasteiger partial charge >= 0.3 is 6.09 Å². The third-order valence-corrected chi connectivity index (χ3v) is 1.13. The van der Waals surface area contributed by atoms with Crippen LogP contribution in [0.15, 0.2) is 0 Å². The normalized spacial score (nSPS) is 10.3. The minimum atomic E-state index is -0.459. The van der Waals surface area contributed by atoms with Crippen molar-refractivity contribution in [2.24, 2.45) is 0 Å². The van der Waals surface area contributed by atoms with Crippen LogP contribution in [0.25, 0.3) is 0 Å². The average molecular weight is 184 g/mol. The highest BCUT2D eigenvalue weighted by molar-refractivity contribution is 5.67. The highest BCUT2D eigenvalue weighted by Gasteiger charge is 2.15. The number of hydrogen-bond acceptors (Lipinski definition) is 3. The van der Waals surface area contributed by atoms with E-state index in [1.165, 1.54) is 0 Å². The second-order valence-electron chi connectivity index (χ2n) is 3.69. The van der Waals surface area contributed by atoms with E-state index in [1.807, 2.05) is 26.8 Å². The number of unbranched alkanes of at least 4 members (excludes halogenated alkanes) is 1. The van der Waals surface area contributed by atoms with Gasteiger partial charge in [-0.3, -0.25) is 0 Å². The molecule has 74 valence electrons. The van der Waals surface area contributed by atoms with Crippen LogP contribution in [0.1, 0.15) is 33.6 Å². The van der Waals surface area contributed by atoms with Crippen LogP contribution < -0.4 is 5.32 Å². The van der Waals surface area contributed by atoms with Crippen LogP contribution in [0.4, 0.5) is 4.79 Å². The molecule has 0 saturated carbocycles. The molecule has 1 amide bonds. The molecular weight excluding hydrogens is 168 g/mol. The van der Waals surface area contributed by atoms with E-state index >= 15 is 0 Å². The van der Waals surface area contributed by atoms with Crippen LogP contribution in [-0.4, -0.2) is 18.2 Å². The van der Waals surface area contributed by atoms with Crippen molar-refractivity contribution in [3.63, 3.8) is 0 Å². The highest BCUT2D eigenvalue weighted by atomic mass is 16.6. The Hall–Kier alpha value is -1.24. The largest absolute Gasteiger partial charge is 0.444 e. The van der Waals surface area contributed by atoms with Crippen molar-refractivity contribution in [2.75, 3.05) is 6.54 Å². The van der Waals surface area contributed by atoms with Crippen molar-refractivity contribution in [3.05, 3.63) is 0 Å². The van der Waals surface area contributed by atoms with Crippen LogP contribution in [-0.2, 0) is 4.74 Å². The predicted molar refractivity (Wildman–Crippen MR) is 49.1 cm³/mol. The molecule has 0 fully saturated rings. The molecule has 0 aromatic rings. The highest BCUT2D eigenvalue weighted by Crippen LogP contribution is 2.06. The summed E-state index contributed by atoms with van der Waals surface area (Å²) in [5.41, 5.74) is -0.459. The van der Waals surface area contributed by atoms with Gasteiger partial charge in [0.05, 0.1) is 6.07 Å². The fourth-order valence-electron chi connectivity index (χ4n) is 0.672. The van der Waals surface area contributed by atoms with E-state index in [2.05, 4.69) is 5.32 Å².